The van der Waals surface area contributed by atoms with E-state index in [9.17, 15) is 4.79 Å². The lowest BCUT2D eigenvalue weighted by molar-refractivity contribution is -0.135. The van der Waals surface area contributed by atoms with Crippen LogP contribution < -0.4 is 0 Å². The van der Waals surface area contributed by atoms with E-state index >= 15 is 0 Å². The molecule has 1 rings (SSSR count). The summed E-state index contributed by atoms with van der Waals surface area (Å²) in [4.78, 5) is 14.0. The minimum atomic E-state index is 0. The molecule has 3 heteroatoms. The van der Waals surface area contributed by atoms with Gasteiger partial charge in [-0.3, -0.25) is 4.79 Å². The first kappa shape index (κ1) is 14.8. The number of rotatable bonds is 3. The summed E-state index contributed by atoms with van der Waals surface area (Å²) >= 11 is 0. The quantitative estimate of drug-likeness (QED) is 0.731. The highest BCUT2D eigenvalue weighted by Gasteiger charge is 2.29. The first-order chi connectivity index (χ1) is 6.52. The number of hydrogen-bond donors (Lipinski definition) is 0. The van der Waals surface area contributed by atoms with E-state index in [1.807, 2.05) is 13.8 Å². The van der Waals surface area contributed by atoms with Crippen LogP contribution in [-0.2, 0) is 4.79 Å². The molecule has 0 aromatic carbocycles. The van der Waals surface area contributed by atoms with Gasteiger partial charge in [-0.2, -0.15) is 13.5 Å². The molecule has 0 aromatic heterocycles. The standard InChI is InChI=1S/C12H23NO.H2S/c1-9(2)8-11-6-5-7-13(11)12(14)10(3)4;/h9-11H,5-8H2,1-4H3;1H2/t11-;/m0./s1. The van der Waals surface area contributed by atoms with Gasteiger partial charge in [-0.05, 0) is 25.2 Å². The van der Waals surface area contributed by atoms with Crippen LogP contribution in [0.2, 0.25) is 0 Å². The lowest BCUT2D eigenvalue weighted by Crippen LogP contribution is -2.38. The van der Waals surface area contributed by atoms with Crippen molar-refractivity contribution in [2.75, 3.05) is 6.54 Å². The van der Waals surface area contributed by atoms with Gasteiger partial charge in [0.25, 0.3) is 0 Å². The molecule has 1 aliphatic rings. The summed E-state index contributed by atoms with van der Waals surface area (Å²) in [5.41, 5.74) is 0. The van der Waals surface area contributed by atoms with Gasteiger partial charge >= 0.3 is 0 Å². The van der Waals surface area contributed by atoms with Gasteiger partial charge in [0.1, 0.15) is 0 Å². The zero-order valence-corrected chi connectivity index (χ0v) is 11.4. The average molecular weight is 231 g/mol. The Morgan fingerprint density at radius 3 is 2.40 bits per heavy atom. The molecule has 1 aliphatic heterocycles. The van der Waals surface area contributed by atoms with E-state index in [1.165, 1.54) is 19.3 Å². The van der Waals surface area contributed by atoms with Gasteiger partial charge in [0.15, 0.2) is 0 Å². The summed E-state index contributed by atoms with van der Waals surface area (Å²) in [6, 6.07) is 0.518. The third-order valence-corrected chi connectivity index (χ3v) is 2.90. The molecule has 1 fully saturated rings. The fraction of sp³-hybridized carbons (Fsp3) is 0.917. The van der Waals surface area contributed by atoms with E-state index in [4.69, 9.17) is 0 Å². The first-order valence-corrected chi connectivity index (χ1v) is 5.82. The van der Waals surface area contributed by atoms with E-state index in [-0.39, 0.29) is 19.4 Å². The number of amides is 1. The SMILES string of the molecule is CC(C)C[C@@H]1CCCN1C(=O)C(C)C.S. The average Bonchev–Trinajstić information content (AvgIpc) is 2.49. The summed E-state index contributed by atoms with van der Waals surface area (Å²) in [5, 5.41) is 0. The predicted octanol–water partition coefficient (Wildman–Crippen LogP) is 2.79. The summed E-state index contributed by atoms with van der Waals surface area (Å²) in [5.74, 6) is 1.19. The Morgan fingerprint density at radius 2 is 1.93 bits per heavy atom. The molecular weight excluding hydrogens is 206 g/mol. The number of likely N-dealkylation sites (tertiary alicyclic amines) is 1. The maximum atomic E-state index is 11.9. The Labute approximate surface area is 101 Å². The van der Waals surface area contributed by atoms with Crippen LogP contribution in [0.3, 0.4) is 0 Å². The maximum Gasteiger partial charge on any atom is 0.225 e. The molecule has 1 amide bonds. The van der Waals surface area contributed by atoms with Crippen LogP contribution in [0.25, 0.3) is 0 Å². The topological polar surface area (TPSA) is 20.3 Å². The zero-order chi connectivity index (χ0) is 10.7. The molecule has 15 heavy (non-hydrogen) atoms. The lowest BCUT2D eigenvalue weighted by Gasteiger charge is -2.27. The molecule has 0 N–H and O–H groups in total. The Bertz CT molecular complexity index is 204. The van der Waals surface area contributed by atoms with E-state index in [0.29, 0.717) is 17.9 Å². The van der Waals surface area contributed by atoms with Crippen molar-refractivity contribution in [3.63, 3.8) is 0 Å². The van der Waals surface area contributed by atoms with Gasteiger partial charge < -0.3 is 4.90 Å². The largest absolute Gasteiger partial charge is 0.339 e. The molecule has 1 saturated heterocycles. The van der Waals surface area contributed by atoms with Crippen LogP contribution in [0.4, 0.5) is 0 Å². The molecular formula is C12H25NOS. The molecule has 2 nitrogen and oxygen atoms in total. The van der Waals surface area contributed by atoms with Crippen LogP contribution in [0.15, 0.2) is 0 Å². The molecule has 90 valence electrons. The summed E-state index contributed by atoms with van der Waals surface area (Å²) < 4.78 is 0. The Morgan fingerprint density at radius 1 is 1.33 bits per heavy atom. The number of carbonyl (C=O) groups is 1. The summed E-state index contributed by atoms with van der Waals surface area (Å²) in [6.45, 7) is 9.43. The number of carbonyl (C=O) groups excluding carboxylic acids is 1. The monoisotopic (exact) mass is 231 g/mol. The fourth-order valence-corrected chi connectivity index (χ4v) is 2.25. The van der Waals surface area contributed by atoms with E-state index in [0.717, 1.165) is 6.54 Å². The van der Waals surface area contributed by atoms with Crippen LogP contribution in [0, 0.1) is 11.8 Å². The highest BCUT2D eigenvalue weighted by Crippen LogP contribution is 2.24. The van der Waals surface area contributed by atoms with Gasteiger partial charge in [0, 0.05) is 18.5 Å². The van der Waals surface area contributed by atoms with Crippen LogP contribution in [-0.4, -0.2) is 23.4 Å². The van der Waals surface area contributed by atoms with Crippen molar-refractivity contribution in [1.82, 2.24) is 4.90 Å². The number of nitrogens with zero attached hydrogens (tertiary/aromatic N) is 1. The molecule has 0 saturated carbocycles. The normalized spacial score (nSPS) is 20.9. The first-order valence-electron chi connectivity index (χ1n) is 5.82. The van der Waals surface area contributed by atoms with Crippen molar-refractivity contribution >= 4 is 19.4 Å². The van der Waals surface area contributed by atoms with E-state index < -0.39 is 0 Å². The molecule has 1 heterocycles. The Hall–Kier alpha value is -0.180. The van der Waals surface area contributed by atoms with Crippen LogP contribution in [0.5, 0.6) is 0 Å². The van der Waals surface area contributed by atoms with Crippen molar-refractivity contribution in [3.8, 4) is 0 Å². The van der Waals surface area contributed by atoms with Gasteiger partial charge in [-0.15, -0.1) is 0 Å². The fourth-order valence-electron chi connectivity index (χ4n) is 2.25. The highest BCUT2D eigenvalue weighted by atomic mass is 32.1. The molecule has 1 atom stereocenters. The second-order valence-electron chi connectivity index (χ2n) is 5.11. The van der Waals surface area contributed by atoms with E-state index in [2.05, 4.69) is 18.7 Å². The molecule has 0 radical (unpaired) electrons. The zero-order valence-electron chi connectivity index (χ0n) is 10.4. The molecule has 0 bridgehead atoms. The van der Waals surface area contributed by atoms with E-state index in [1.54, 1.807) is 0 Å². The van der Waals surface area contributed by atoms with Gasteiger partial charge in [-0.25, -0.2) is 0 Å². The van der Waals surface area contributed by atoms with Gasteiger partial charge in [0.2, 0.25) is 5.91 Å². The molecule has 0 aliphatic carbocycles. The minimum Gasteiger partial charge on any atom is -0.339 e. The van der Waals surface area contributed by atoms with Gasteiger partial charge in [0.05, 0.1) is 0 Å². The Kier molecular flexibility index (Phi) is 6.34. The predicted molar refractivity (Wildman–Crippen MR) is 69.4 cm³/mol. The highest BCUT2D eigenvalue weighted by molar-refractivity contribution is 7.59. The molecule has 0 unspecified atom stereocenters. The van der Waals surface area contributed by atoms with Crippen LogP contribution >= 0.6 is 13.5 Å². The van der Waals surface area contributed by atoms with Crippen molar-refractivity contribution < 1.29 is 4.79 Å². The lowest BCUT2D eigenvalue weighted by atomic mass is 10.0. The van der Waals surface area contributed by atoms with Crippen molar-refractivity contribution in [2.24, 2.45) is 11.8 Å². The van der Waals surface area contributed by atoms with Crippen LogP contribution in [0.1, 0.15) is 47.0 Å². The van der Waals surface area contributed by atoms with Gasteiger partial charge in [-0.1, -0.05) is 27.7 Å². The third-order valence-electron chi connectivity index (χ3n) is 2.90. The third kappa shape index (κ3) is 4.06. The Balaban J connectivity index is 0.00000196. The second-order valence-corrected chi connectivity index (χ2v) is 5.11. The summed E-state index contributed by atoms with van der Waals surface area (Å²) in [6.07, 6.45) is 3.56. The van der Waals surface area contributed by atoms with Crippen molar-refractivity contribution in [3.05, 3.63) is 0 Å². The summed E-state index contributed by atoms with van der Waals surface area (Å²) in [7, 11) is 0. The molecule has 0 spiro atoms. The minimum absolute atomic E-state index is 0. The molecule has 0 aromatic rings. The number of hydrogen-bond acceptors (Lipinski definition) is 1. The van der Waals surface area contributed by atoms with Crippen molar-refractivity contribution in [2.45, 2.75) is 53.0 Å². The van der Waals surface area contributed by atoms with Crippen molar-refractivity contribution in [1.29, 1.82) is 0 Å². The second kappa shape index (κ2) is 6.41. The smallest absolute Gasteiger partial charge is 0.225 e. The maximum absolute atomic E-state index is 11.9.